The number of ether oxygens (including phenoxy) is 1. The van der Waals surface area contributed by atoms with Crippen molar-refractivity contribution in [1.82, 2.24) is 4.90 Å². The van der Waals surface area contributed by atoms with Crippen molar-refractivity contribution in [2.45, 2.75) is 91.0 Å². The predicted molar refractivity (Wildman–Crippen MR) is 158 cm³/mol. The molecule has 2 aromatic carbocycles. The third-order valence-electron chi connectivity index (χ3n) is 6.20. The molecule has 2 aromatic rings. The molecule has 1 N–H and O–H groups in total. The molecule has 9 nitrogen and oxygen atoms in total. The van der Waals surface area contributed by atoms with Gasteiger partial charge < -0.3 is 23.2 Å². The van der Waals surface area contributed by atoms with Crippen LogP contribution in [-0.2, 0) is 51.9 Å². The lowest BCUT2D eigenvalue weighted by Gasteiger charge is -2.28. The number of carbonyl (C=O) groups is 1. The zero-order chi connectivity index (χ0) is 33.6. The number of hydrogen-bond donors (Lipinski definition) is 1. The van der Waals surface area contributed by atoms with Crippen molar-refractivity contribution in [3.63, 3.8) is 0 Å². The SMILES string of the molecule is CCOP(=O)(OCC)C(F)(F)c1ccc(CN(Cc2ccc(C(F)(F)P(=O)(O)OC(C)CC)cc2)C(=O)OC(C)(C)C)cc1. The van der Waals surface area contributed by atoms with E-state index in [0.717, 1.165) is 24.3 Å². The minimum Gasteiger partial charge on any atom is -0.444 e. The van der Waals surface area contributed by atoms with Gasteiger partial charge in [0, 0.05) is 24.2 Å². The largest absolute Gasteiger partial charge is 0.444 e. The summed E-state index contributed by atoms with van der Waals surface area (Å²) in [5.41, 5.74) is -9.57. The molecule has 0 saturated heterocycles. The Bertz CT molecular complexity index is 1320. The Morgan fingerprint density at radius 1 is 0.818 bits per heavy atom. The number of halogens is 4. The third-order valence-corrected chi connectivity index (χ3v) is 9.95. The van der Waals surface area contributed by atoms with Crippen LogP contribution in [0.4, 0.5) is 22.4 Å². The minimum absolute atomic E-state index is 0.123. The lowest BCUT2D eigenvalue weighted by Crippen LogP contribution is -2.36. The van der Waals surface area contributed by atoms with Crippen LogP contribution in [0.15, 0.2) is 48.5 Å². The maximum atomic E-state index is 15.2. The molecular formula is C29H41F4NO8P2. The van der Waals surface area contributed by atoms with Gasteiger partial charge in [-0.2, -0.15) is 17.6 Å². The molecule has 0 spiro atoms. The first-order valence-electron chi connectivity index (χ1n) is 14.1. The summed E-state index contributed by atoms with van der Waals surface area (Å²) < 4.78 is 105. The van der Waals surface area contributed by atoms with Crippen LogP contribution in [0.25, 0.3) is 0 Å². The summed E-state index contributed by atoms with van der Waals surface area (Å²) >= 11 is 0. The van der Waals surface area contributed by atoms with Gasteiger partial charge in [-0.25, -0.2) is 4.79 Å². The number of carbonyl (C=O) groups excluding carboxylic acids is 1. The molecule has 2 atom stereocenters. The van der Waals surface area contributed by atoms with Crippen LogP contribution >= 0.6 is 15.2 Å². The van der Waals surface area contributed by atoms with Gasteiger partial charge in [0.25, 0.3) is 0 Å². The van der Waals surface area contributed by atoms with E-state index in [-0.39, 0.29) is 32.7 Å². The normalized spacial score (nSPS) is 15.0. The number of rotatable bonds is 15. The fourth-order valence-corrected chi connectivity index (χ4v) is 6.61. The van der Waals surface area contributed by atoms with E-state index in [0.29, 0.717) is 11.1 Å². The average Bonchev–Trinajstić information content (AvgIpc) is 2.92. The Morgan fingerprint density at radius 2 is 1.23 bits per heavy atom. The highest BCUT2D eigenvalue weighted by molar-refractivity contribution is 7.54. The smallest absolute Gasteiger partial charge is 0.410 e. The fraction of sp³-hybridized carbons (Fsp3) is 0.552. The van der Waals surface area contributed by atoms with E-state index in [2.05, 4.69) is 0 Å². The molecule has 0 aliphatic rings. The van der Waals surface area contributed by atoms with Crippen molar-refractivity contribution in [2.75, 3.05) is 13.2 Å². The van der Waals surface area contributed by atoms with Crippen LogP contribution in [0.3, 0.4) is 0 Å². The second-order valence-corrected chi connectivity index (χ2v) is 14.9. The number of amides is 1. The number of nitrogens with zero attached hydrogens (tertiary/aromatic N) is 1. The highest BCUT2D eigenvalue weighted by atomic mass is 31.2. The Kier molecular flexibility index (Phi) is 12.8. The van der Waals surface area contributed by atoms with Gasteiger partial charge in [-0.15, -0.1) is 0 Å². The highest BCUT2D eigenvalue weighted by Crippen LogP contribution is 2.67. The average molecular weight is 670 g/mol. The molecule has 0 heterocycles. The van der Waals surface area contributed by atoms with Crippen molar-refractivity contribution in [1.29, 1.82) is 0 Å². The second-order valence-electron chi connectivity index (χ2n) is 11.0. The molecule has 0 aliphatic heterocycles. The Morgan fingerprint density at radius 3 is 1.59 bits per heavy atom. The van der Waals surface area contributed by atoms with Crippen LogP contribution in [0, 0.1) is 0 Å². The molecule has 2 unspecified atom stereocenters. The zero-order valence-electron chi connectivity index (χ0n) is 25.9. The van der Waals surface area contributed by atoms with Crippen LogP contribution in [0.2, 0.25) is 0 Å². The molecule has 0 fully saturated rings. The Balaban J connectivity index is 2.34. The lowest BCUT2D eigenvalue weighted by atomic mass is 10.1. The van der Waals surface area contributed by atoms with E-state index in [4.69, 9.17) is 18.3 Å². The van der Waals surface area contributed by atoms with Crippen molar-refractivity contribution in [3.05, 3.63) is 70.8 Å². The molecule has 2 rings (SSSR count). The van der Waals surface area contributed by atoms with E-state index >= 15 is 8.78 Å². The summed E-state index contributed by atoms with van der Waals surface area (Å²) in [6.45, 7) is 10.1. The maximum Gasteiger partial charge on any atom is 0.410 e. The summed E-state index contributed by atoms with van der Waals surface area (Å²) in [5.74, 6) is 0. The number of benzene rings is 2. The summed E-state index contributed by atoms with van der Waals surface area (Å²) in [6.07, 6.45) is -1.37. The maximum absolute atomic E-state index is 15.2. The quantitative estimate of drug-likeness (QED) is 0.148. The van der Waals surface area contributed by atoms with Gasteiger partial charge in [0.1, 0.15) is 5.60 Å². The molecule has 0 saturated carbocycles. The van der Waals surface area contributed by atoms with E-state index in [9.17, 15) is 27.6 Å². The first kappa shape index (κ1) is 37.9. The molecule has 248 valence electrons. The van der Waals surface area contributed by atoms with Crippen molar-refractivity contribution in [3.8, 4) is 0 Å². The van der Waals surface area contributed by atoms with Gasteiger partial charge in [-0.3, -0.25) is 14.0 Å². The standard InChI is InChI=1S/C29H41F4NO8P2/c1-8-21(4)42-43(36,37)28(30,31)24-15-11-22(12-16-24)19-34(26(35)41-27(5,6)7)20-23-13-17-25(18-14-23)29(32,33)44(38,39-9-2)40-10-3/h11-18,21H,8-10,19-20H2,1-7H3,(H,36,37). The topological polar surface area (TPSA) is 112 Å². The summed E-state index contributed by atoms with van der Waals surface area (Å²) in [4.78, 5) is 24.3. The monoisotopic (exact) mass is 669 g/mol. The molecule has 44 heavy (non-hydrogen) atoms. The van der Waals surface area contributed by atoms with Crippen LogP contribution in [0.1, 0.15) is 77.1 Å². The fourth-order valence-electron chi connectivity index (χ4n) is 3.82. The minimum atomic E-state index is -5.36. The van der Waals surface area contributed by atoms with Crippen molar-refractivity contribution in [2.24, 2.45) is 0 Å². The zero-order valence-corrected chi connectivity index (χ0v) is 27.7. The molecule has 0 radical (unpaired) electrons. The first-order chi connectivity index (χ1) is 20.2. The number of hydrogen-bond acceptors (Lipinski definition) is 7. The molecule has 0 bridgehead atoms. The second kappa shape index (κ2) is 14.9. The van der Waals surface area contributed by atoms with E-state index < -0.39 is 55.4 Å². The van der Waals surface area contributed by atoms with Gasteiger partial charge in [0.15, 0.2) is 0 Å². The van der Waals surface area contributed by atoms with Gasteiger partial charge >= 0.3 is 32.6 Å². The highest BCUT2D eigenvalue weighted by Gasteiger charge is 2.55. The lowest BCUT2D eigenvalue weighted by molar-refractivity contribution is 0.0215. The molecule has 0 aromatic heterocycles. The van der Waals surface area contributed by atoms with Crippen molar-refractivity contribution < 1.29 is 54.7 Å². The van der Waals surface area contributed by atoms with Crippen LogP contribution < -0.4 is 0 Å². The van der Waals surface area contributed by atoms with E-state index in [1.807, 2.05) is 0 Å². The summed E-state index contributed by atoms with van der Waals surface area (Å²) in [5, 5.41) is 0. The predicted octanol–water partition coefficient (Wildman–Crippen LogP) is 8.99. The number of alkyl halides is 4. The molecule has 15 heteroatoms. The van der Waals surface area contributed by atoms with Gasteiger partial charge in [0.05, 0.1) is 19.3 Å². The van der Waals surface area contributed by atoms with E-state index in [1.165, 1.54) is 49.9 Å². The van der Waals surface area contributed by atoms with Crippen LogP contribution in [-0.4, -0.2) is 40.8 Å². The first-order valence-corrected chi connectivity index (χ1v) is 17.2. The molecule has 0 aliphatic carbocycles. The van der Waals surface area contributed by atoms with Gasteiger partial charge in [0.2, 0.25) is 0 Å². The van der Waals surface area contributed by atoms with Gasteiger partial charge in [-0.05, 0) is 59.1 Å². The summed E-state index contributed by atoms with van der Waals surface area (Å²) in [6, 6.07) is 9.23. The molecule has 1 amide bonds. The van der Waals surface area contributed by atoms with Gasteiger partial charge in [-0.1, -0.05) is 55.5 Å². The summed E-state index contributed by atoms with van der Waals surface area (Å²) in [7, 11) is -10.2. The Hall–Kier alpha value is -2.27. The van der Waals surface area contributed by atoms with Crippen LogP contribution in [0.5, 0.6) is 0 Å². The van der Waals surface area contributed by atoms with E-state index in [1.54, 1.807) is 27.7 Å². The van der Waals surface area contributed by atoms with Crippen molar-refractivity contribution >= 4 is 21.3 Å². The third kappa shape index (κ3) is 9.37. The molecular weight excluding hydrogens is 628 g/mol. The Labute approximate surface area is 255 Å².